The highest BCUT2D eigenvalue weighted by Crippen LogP contribution is 2.13. The van der Waals surface area contributed by atoms with Gasteiger partial charge in [0.05, 0.1) is 13.2 Å². The van der Waals surface area contributed by atoms with Crippen LogP contribution in [-0.4, -0.2) is 38.3 Å². The van der Waals surface area contributed by atoms with E-state index in [0.717, 1.165) is 37.3 Å². The molecule has 1 aromatic rings. The molecule has 1 amide bonds. The molecule has 1 aliphatic rings. The van der Waals surface area contributed by atoms with E-state index in [1.54, 1.807) is 0 Å². The fourth-order valence-electron chi connectivity index (χ4n) is 2.12. The molecule has 0 saturated carbocycles. The van der Waals surface area contributed by atoms with Gasteiger partial charge in [-0.3, -0.25) is 4.79 Å². The van der Waals surface area contributed by atoms with Crippen LogP contribution in [-0.2, 0) is 16.1 Å². The Kier molecular flexibility index (Phi) is 8.89. The lowest BCUT2D eigenvalue weighted by Crippen LogP contribution is -2.47. The first-order valence-corrected chi connectivity index (χ1v) is 7.61. The summed E-state index contributed by atoms with van der Waals surface area (Å²) in [6.07, 6.45) is 1.78. The standard InChI is InChI=1S/C16H24N2O3.ClH/c1-2-3-8-20-14-6-4-5-13(10-14)11-18-16(19)15-12-17-7-9-21-15;/h4-6,10,15,17H,2-3,7-9,11-12H2,1H3,(H,18,19);1H. The Hall–Kier alpha value is -1.30. The molecule has 22 heavy (non-hydrogen) atoms. The fraction of sp³-hybridized carbons (Fsp3) is 0.562. The molecule has 1 aliphatic heterocycles. The number of morpholine rings is 1. The first-order chi connectivity index (χ1) is 10.3. The number of hydrogen-bond acceptors (Lipinski definition) is 4. The summed E-state index contributed by atoms with van der Waals surface area (Å²) in [4.78, 5) is 12.0. The van der Waals surface area contributed by atoms with Crippen molar-refractivity contribution in [1.29, 1.82) is 0 Å². The van der Waals surface area contributed by atoms with Crippen LogP contribution in [0.3, 0.4) is 0 Å². The van der Waals surface area contributed by atoms with E-state index < -0.39 is 0 Å². The predicted octanol–water partition coefficient (Wildman–Crippen LogP) is 1.89. The van der Waals surface area contributed by atoms with Crippen LogP contribution < -0.4 is 15.4 Å². The minimum atomic E-state index is -0.386. The molecule has 6 heteroatoms. The summed E-state index contributed by atoms with van der Waals surface area (Å²) < 4.78 is 11.1. The monoisotopic (exact) mass is 328 g/mol. The molecule has 1 saturated heterocycles. The van der Waals surface area contributed by atoms with Crippen molar-refractivity contribution in [3.05, 3.63) is 29.8 Å². The van der Waals surface area contributed by atoms with Gasteiger partial charge >= 0.3 is 0 Å². The number of rotatable bonds is 7. The zero-order valence-corrected chi connectivity index (χ0v) is 13.8. The van der Waals surface area contributed by atoms with Crippen molar-refractivity contribution in [3.63, 3.8) is 0 Å². The molecular formula is C16H25ClN2O3. The van der Waals surface area contributed by atoms with Gasteiger partial charge in [-0.25, -0.2) is 0 Å². The molecule has 1 aromatic carbocycles. The number of unbranched alkanes of at least 4 members (excludes halogenated alkanes) is 1. The Morgan fingerprint density at radius 2 is 2.36 bits per heavy atom. The van der Waals surface area contributed by atoms with Crippen molar-refractivity contribution in [1.82, 2.24) is 10.6 Å². The number of nitrogens with one attached hydrogen (secondary N) is 2. The van der Waals surface area contributed by atoms with E-state index in [0.29, 0.717) is 19.7 Å². The molecular weight excluding hydrogens is 304 g/mol. The van der Waals surface area contributed by atoms with E-state index in [1.165, 1.54) is 0 Å². The average molecular weight is 329 g/mol. The van der Waals surface area contributed by atoms with Crippen LogP contribution in [0.2, 0.25) is 0 Å². The number of benzene rings is 1. The van der Waals surface area contributed by atoms with Gasteiger partial charge in [0.15, 0.2) is 0 Å². The van der Waals surface area contributed by atoms with Gasteiger partial charge < -0.3 is 20.1 Å². The van der Waals surface area contributed by atoms with Crippen LogP contribution in [0.1, 0.15) is 25.3 Å². The van der Waals surface area contributed by atoms with Gasteiger partial charge in [-0.15, -0.1) is 12.4 Å². The second-order valence-electron chi connectivity index (χ2n) is 5.13. The van der Waals surface area contributed by atoms with Gasteiger partial charge in [-0.1, -0.05) is 25.5 Å². The molecule has 124 valence electrons. The number of ether oxygens (including phenoxy) is 2. The summed E-state index contributed by atoms with van der Waals surface area (Å²) in [6.45, 7) is 5.32. The Labute approximate surface area is 138 Å². The number of amides is 1. The van der Waals surface area contributed by atoms with Gasteiger partial charge in [0.1, 0.15) is 11.9 Å². The molecule has 1 unspecified atom stereocenters. The zero-order valence-electron chi connectivity index (χ0n) is 13.0. The minimum absolute atomic E-state index is 0. The minimum Gasteiger partial charge on any atom is -0.494 e. The molecule has 1 atom stereocenters. The quantitative estimate of drug-likeness (QED) is 0.750. The molecule has 1 fully saturated rings. The maximum atomic E-state index is 12.0. The molecule has 5 nitrogen and oxygen atoms in total. The molecule has 0 spiro atoms. The number of halogens is 1. The fourth-order valence-corrected chi connectivity index (χ4v) is 2.12. The SMILES string of the molecule is CCCCOc1cccc(CNC(=O)C2CNCCO2)c1.Cl. The van der Waals surface area contributed by atoms with Crippen LogP contribution in [0.25, 0.3) is 0 Å². The van der Waals surface area contributed by atoms with Gasteiger partial charge in [0, 0.05) is 19.6 Å². The van der Waals surface area contributed by atoms with E-state index >= 15 is 0 Å². The molecule has 1 heterocycles. The number of carbonyl (C=O) groups is 1. The topological polar surface area (TPSA) is 59.6 Å². The first-order valence-electron chi connectivity index (χ1n) is 7.61. The second kappa shape index (κ2) is 10.4. The van der Waals surface area contributed by atoms with Crippen molar-refractivity contribution in [2.75, 3.05) is 26.3 Å². The summed E-state index contributed by atoms with van der Waals surface area (Å²) >= 11 is 0. The molecule has 0 bridgehead atoms. The Balaban J connectivity index is 0.00000242. The largest absolute Gasteiger partial charge is 0.494 e. The summed E-state index contributed by atoms with van der Waals surface area (Å²) in [7, 11) is 0. The van der Waals surface area contributed by atoms with Gasteiger partial charge in [-0.05, 0) is 24.1 Å². The third kappa shape index (κ3) is 6.22. The van der Waals surface area contributed by atoms with E-state index in [2.05, 4.69) is 17.6 Å². The average Bonchev–Trinajstić information content (AvgIpc) is 2.54. The zero-order chi connectivity index (χ0) is 14.9. The molecule has 2 N–H and O–H groups in total. The van der Waals surface area contributed by atoms with Crippen LogP contribution >= 0.6 is 12.4 Å². The van der Waals surface area contributed by atoms with Crippen LogP contribution in [0.15, 0.2) is 24.3 Å². The first kappa shape index (κ1) is 18.7. The van der Waals surface area contributed by atoms with Crippen molar-refractivity contribution < 1.29 is 14.3 Å². The van der Waals surface area contributed by atoms with Gasteiger partial charge in [0.25, 0.3) is 5.91 Å². The number of carbonyl (C=O) groups excluding carboxylic acids is 1. The van der Waals surface area contributed by atoms with Gasteiger partial charge in [0.2, 0.25) is 0 Å². The van der Waals surface area contributed by atoms with E-state index in [4.69, 9.17) is 9.47 Å². The highest BCUT2D eigenvalue weighted by Gasteiger charge is 2.21. The normalized spacial score (nSPS) is 17.4. The maximum absolute atomic E-state index is 12.0. The van der Waals surface area contributed by atoms with Crippen molar-refractivity contribution in [2.24, 2.45) is 0 Å². The molecule has 0 aromatic heterocycles. The lowest BCUT2D eigenvalue weighted by Gasteiger charge is -2.22. The lowest BCUT2D eigenvalue weighted by atomic mass is 10.2. The Morgan fingerprint density at radius 3 is 3.09 bits per heavy atom. The van der Waals surface area contributed by atoms with Crippen LogP contribution in [0.5, 0.6) is 5.75 Å². The van der Waals surface area contributed by atoms with E-state index in [1.807, 2.05) is 24.3 Å². The second-order valence-corrected chi connectivity index (χ2v) is 5.13. The highest BCUT2D eigenvalue weighted by atomic mass is 35.5. The summed E-state index contributed by atoms with van der Waals surface area (Å²) in [5.74, 6) is 0.783. The molecule has 2 rings (SSSR count). The third-order valence-electron chi connectivity index (χ3n) is 3.35. The summed E-state index contributed by atoms with van der Waals surface area (Å²) in [5.41, 5.74) is 1.03. The lowest BCUT2D eigenvalue weighted by molar-refractivity contribution is -0.134. The predicted molar refractivity (Wildman–Crippen MR) is 88.5 cm³/mol. The smallest absolute Gasteiger partial charge is 0.250 e. The summed E-state index contributed by atoms with van der Waals surface area (Å²) in [5, 5.41) is 6.05. The molecule has 0 aliphatic carbocycles. The Bertz CT molecular complexity index is 451. The van der Waals surface area contributed by atoms with Crippen molar-refractivity contribution in [2.45, 2.75) is 32.4 Å². The molecule has 0 radical (unpaired) electrons. The third-order valence-corrected chi connectivity index (χ3v) is 3.35. The van der Waals surface area contributed by atoms with Crippen molar-refractivity contribution in [3.8, 4) is 5.75 Å². The maximum Gasteiger partial charge on any atom is 0.250 e. The number of hydrogen-bond donors (Lipinski definition) is 2. The Morgan fingerprint density at radius 1 is 1.50 bits per heavy atom. The highest BCUT2D eigenvalue weighted by molar-refractivity contribution is 5.85. The van der Waals surface area contributed by atoms with Gasteiger partial charge in [-0.2, -0.15) is 0 Å². The van der Waals surface area contributed by atoms with Crippen LogP contribution in [0, 0.1) is 0 Å². The summed E-state index contributed by atoms with van der Waals surface area (Å²) in [6, 6.07) is 7.83. The van der Waals surface area contributed by atoms with Crippen LogP contribution in [0.4, 0.5) is 0 Å². The van der Waals surface area contributed by atoms with E-state index in [9.17, 15) is 4.79 Å². The van der Waals surface area contributed by atoms with E-state index in [-0.39, 0.29) is 24.4 Å². The van der Waals surface area contributed by atoms with Crippen molar-refractivity contribution >= 4 is 18.3 Å².